The van der Waals surface area contributed by atoms with E-state index in [4.69, 9.17) is 21.1 Å². The Morgan fingerprint density at radius 2 is 1.62 bits per heavy atom. The lowest BCUT2D eigenvalue weighted by Gasteiger charge is -2.13. The second-order valence-electron chi connectivity index (χ2n) is 6.18. The fourth-order valence-corrected chi connectivity index (χ4v) is 2.89. The number of aryl methyl sites for hydroxylation is 4. The van der Waals surface area contributed by atoms with Crippen LogP contribution in [0.1, 0.15) is 22.3 Å². The van der Waals surface area contributed by atoms with Crippen LogP contribution in [0.4, 0.5) is 5.69 Å². The van der Waals surface area contributed by atoms with Crippen LogP contribution in [0.3, 0.4) is 0 Å². The number of anilines is 1. The van der Waals surface area contributed by atoms with Gasteiger partial charge in [0.1, 0.15) is 5.75 Å². The number of benzene rings is 2. The highest BCUT2D eigenvalue weighted by atomic mass is 35.5. The van der Waals surface area contributed by atoms with Gasteiger partial charge in [0.2, 0.25) is 0 Å². The SMILES string of the molecule is Cc1cc(C)c(OCC(=O)OCC(=O)Nc2ccc(Cl)cc2C)c(C)c1. The lowest BCUT2D eigenvalue weighted by Crippen LogP contribution is -2.24. The number of rotatable bonds is 6. The van der Waals surface area contributed by atoms with Crippen LogP contribution in [0.15, 0.2) is 30.3 Å². The van der Waals surface area contributed by atoms with Crippen LogP contribution in [0.25, 0.3) is 0 Å². The van der Waals surface area contributed by atoms with Crippen molar-refractivity contribution in [1.29, 1.82) is 0 Å². The number of amides is 1. The summed E-state index contributed by atoms with van der Waals surface area (Å²) in [6.07, 6.45) is 0. The Morgan fingerprint density at radius 1 is 0.962 bits per heavy atom. The van der Waals surface area contributed by atoms with Gasteiger partial charge in [-0.2, -0.15) is 0 Å². The summed E-state index contributed by atoms with van der Waals surface area (Å²) in [6.45, 7) is 7.03. The molecule has 6 heteroatoms. The van der Waals surface area contributed by atoms with Gasteiger partial charge in [-0.1, -0.05) is 29.3 Å². The van der Waals surface area contributed by atoms with Crippen molar-refractivity contribution < 1.29 is 19.1 Å². The summed E-state index contributed by atoms with van der Waals surface area (Å²) in [5.74, 6) is -0.368. The maximum Gasteiger partial charge on any atom is 0.344 e. The van der Waals surface area contributed by atoms with E-state index in [9.17, 15) is 9.59 Å². The van der Waals surface area contributed by atoms with Crippen LogP contribution >= 0.6 is 11.6 Å². The molecule has 5 nitrogen and oxygen atoms in total. The normalized spacial score (nSPS) is 10.3. The molecule has 0 aliphatic rings. The molecule has 0 spiro atoms. The van der Waals surface area contributed by atoms with Crippen molar-refractivity contribution in [1.82, 2.24) is 0 Å². The average molecular weight is 376 g/mol. The first-order valence-corrected chi connectivity index (χ1v) is 8.56. The third-order valence-corrected chi connectivity index (χ3v) is 4.00. The summed E-state index contributed by atoms with van der Waals surface area (Å²) in [5.41, 5.74) is 4.48. The van der Waals surface area contributed by atoms with Gasteiger partial charge in [-0.05, 0) is 62.6 Å². The molecule has 1 N–H and O–H groups in total. The van der Waals surface area contributed by atoms with Crippen molar-refractivity contribution in [3.8, 4) is 5.75 Å². The van der Waals surface area contributed by atoms with Crippen LogP contribution in [0, 0.1) is 27.7 Å². The molecule has 0 bridgehead atoms. The summed E-state index contributed by atoms with van der Waals surface area (Å²) in [5, 5.41) is 3.26. The van der Waals surface area contributed by atoms with Crippen molar-refractivity contribution in [3.63, 3.8) is 0 Å². The molecule has 0 saturated heterocycles. The third-order valence-electron chi connectivity index (χ3n) is 3.77. The first-order chi connectivity index (χ1) is 12.3. The number of nitrogens with one attached hydrogen (secondary N) is 1. The largest absolute Gasteiger partial charge is 0.481 e. The van der Waals surface area contributed by atoms with Crippen LogP contribution < -0.4 is 10.1 Å². The summed E-state index contributed by atoms with van der Waals surface area (Å²) in [6, 6.07) is 9.08. The number of carbonyl (C=O) groups excluding carboxylic acids is 2. The van der Waals surface area contributed by atoms with E-state index in [2.05, 4.69) is 5.32 Å². The first kappa shape index (κ1) is 19.8. The van der Waals surface area contributed by atoms with Crippen molar-refractivity contribution in [2.24, 2.45) is 0 Å². The predicted molar refractivity (Wildman–Crippen MR) is 102 cm³/mol. The molecule has 0 fully saturated rings. The van der Waals surface area contributed by atoms with Gasteiger partial charge in [-0.3, -0.25) is 4.79 Å². The molecule has 138 valence electrons. The number of hydrogen-bond donors (Lipinski definition) is 1. The minimum atomic E-state index is -0.604. The topological polar surface area (TPSA) is 64.6 Å². The maximum atomic E-state index is 11.9. The second-order valence-corrected chi connectivity index (χ2v) is 6.62. The number of halogens is 1. The minimum Gasteiger partial charge on any atom is -0.481 e. The van der Waals surface area contributed by atoms with Crippen molar-refractivity contribution in [2.45, 2.75) is 27.7 Å². The Balaban J connectivity index is 1.82. The average Bonchev–Trinajstić information content (AvgIpc) is 2.54. The molecule has 0 saturated carbocycles. The molecule has 0 heterocycles. The molecule has 0 aliphatic heterocycles. The van der Waals surface area contributed by atoms with Gasteiger partial charge >= 0.3 is 5.97 Å². The molecule has 0 radical (unpaired) electrons. The summed E-state index contributed by atoms with van der Waals surface area (Å²) >= 11 is 5.88. The number of hydrogen-bond acceptors (Lipinski definition) is 4. The lowest BCUT2D eigenvalue weighted by molar-refractivity contribution is -0.149. The van der Waals surface area contributed by atoms with E-state index in [1.165, 1.54) is 0 Å². The van der Waals surface area contributed by atoms with E-state index in [0.29, 0.717) is 16.5 Å². The molecule has 0 unspecified atom stereocenters. The highest BCUT2D eigenvalue weighted by Crippen LogP contribution is 2.24. The smallest absolute Gasteiger partial charge is 0.344 e. The van der Waals surface area contributed by atoms with E-state index in [0.717, 1.165) is 22.3 Å². The zero-order valence-electron chi connectivity index (χ0n) is 15.3. The van der Waals surface area contributed by atoms with Crippen LogP contribution in [0.2, 0.25) is 5.02 Å². The van der Waals surface area contributed by atoms with Crippen LogP contribution in [-0.2, 0) is 14.3 Å². The molecule has 26 heavy (non-hydrogen) atoms. The van der Waals surface area contributed by atoms with Gasteiger partial charge in [0.25, 0.3) is 5.91 Å². The van der Waals surface area contributed by atoms with Gasteiger partial charge in [0.15, 0.2) is 13.2 Å². The van der Waals surface area contributed by atoms with Gasteiger partial charge in [-0.25, -0.2) is 4.79 Å². The zero-order valence-corrected chi connectivity index (χ0v) is 16.1. The number of carbonyl (C=O) groups is 2. The Kier molecular flexibility index (Phi) is 6.64. The van der Waals surface area contributed by atoms with Gasteiger partial charge in [-0.15, -0.1) is 0 Å². The van der Waals surface area contributed by atoms with Crippen molar-refractivity contribution in [2.75, 3.05) is 18.5 Å². The Labute approximate surface area is 158 Å². The highest BCUT2D eigenvalue weighted by molar-refractivity contribution is 6.30. The van der Waals surface area contributed by atoms with Crippen LogP contribution in [0.5, 0.6) is 5.75 Å². The Morgan fingerprint density at radius 3 is 2.23 bits per heavy atom. The standard InChI is InChI=1S/C20H22ClNO4/c1-12-7-14(3)20(15(4)8-12)26-11-19(24)25-10-18(23)22-17-6-5-16(21)9-13(17)2/h5-9H,10-11H2,1-4H3,(H,22,23). The lowest BCUT2D eigenvalue weighted by atomic mass is 10.1. The molecule has 0 aliphatic carbocycles. The molecule has 2 aromatic carbocycles. The molecule has 0 aromatic heterocycles. The number of esters is 1. The zero-order chi connectivity index (χ0) is 19.3. The summed E-state index contributed by atoms with van der Waals surface area (Å²) in [7, 11) is 0. The monoisotopic (exact) mass is 375 g/mol. The first-order valence-electron chi connectivity index (χ1n) is 8.18. The van der Waals surface area contributed by atoms with Crippen molar-refractivity contribution >= 4 is 29.2 Å². The Bertz CT molecular complexity index is 810. The minimum absolute atomic E-state index is 0.252. The third kappa shape index (κ3) is 5.49. The summed E-state index contributed by atoms with van der Waals surface area (Å²) in [4.78, 5) is 23.7. The highest BCUT2D eigenvalue weighted by Gasteiger charge is 2.12. The van der Waals surface area contributed by atoms with Crippen molar-refractivity contribution in [3.05, 3.63) is 57.6 Å². The summed E-state index contributed by atoms with van der Waals surface area (Å²) < 4.78 is 10.5. The molecular formula is C20H22ClNO4. The quantitative estimate of drug-likeness (QED) is 0.771. The van der Waals surface area contributed by atoms with E-state index < -0.39 is 11.9 Å². The van der Waals surface area contributed by atoms with E-state index in [-0.39, 0.29) is 13.2 Å². The molecule has 0 atom stereocenters. The predicted octanol–water partition coefficient (Wildman–Crippen LogP) is 4.13. The Hall–Kier alpha value is -2.53. The van der Waals surface area contributed by atoms with Gasteiger partial charge < -0.3 is 14.8 Å². The van der Waals surface area contributed by atoms with E-state index >= 15 is 0 Å². The fourth-order valence-electron chi connectivity index (χ4n) is 2.67. The van der Waals surface area contributed by atoms with Gasteiger partial charge in [0.05, 0.1) is 0 Å². The van der Waals surface area contributed by atoms with Gasteiger partial charge in [0, 0.05) is 10.7 Å². The fraction of sp³-hybridized carbons (Fsp3) is 0.300. The van der Waals surface area contributed by atoms with Crippen LogP contribution in [-0.4, -0.2) is 25.1 Å². The van der Waals surface area contributed by atoms with E-state index in [1.807, 2.05) is 39.8 Å². The molecule has 2 aromatic rings. The molecule has 1 amide bonds. The number of ether oxygens (including phenoxy) is 2. The molecular weight excluding hydrogens is 354 g/mol. The van der Waals surface area contributed by atoms with E-state index in [1.54, 1.807) is 18.2 Å². The second kappa shape index (κ2) is 8.72. The molecule has 2 rings (SSSR count). The maximum absolute atomic E-state index is 11.9.